The summed E-state index contributed by atoms with van der Waals surface area (Å²) in [5.74, 6) is -1.72. The summed E-state index contributed by atoms with van der Waals surface area (Å²) in [4.78, 5) is 40.3. The summed E-state index contributed by atoms with van der Waals surface area (Å²) >= 11 is 1.33. The number of esters is 1. The Balaban J connectivity index is 1.84. The van der Waals surface area contributed by atoms with Crippen LogP contribution >= 0.6 is 11.3 Å². The number of nitrogens with one attached hydrogen (secondary N) is 1. The molecule has 0 radical (unpaired) electrons. The van der Waals surface area contributed by atoms with E-state index in [1.807, 2.05) is 0 Å². The molecule has 0 aliphatic heterocycles. The summed E-state index contributed by atoms with van der Waals surface area (Å²) < 4.78 is 17.9. The van der Waals surface area contributed by atoms with E-state index < -0.39 is 18.5 Å². The Morgan fingerprint density at radius 1 is 1.27 bits per heavy atom. The second-order valence-corrected chi connectivity index (χ2v) is 6.27. The molecule has 26 heavy (non-hydrogen) atoms. The van der Waals surface area contributed by atoms with Gasteiger partial charge in [-0.2, -0.15) is 0 Å². The zero-order valence-corrected chi connectivity index (χ0v) is 15.1. The van der Waals surface area contributed by atoms with Crippen LogP contribution in [0, 0.1) is 5.82 Å². The number of benzene rings is 1. The van der Waals surface area contributed by atoms with Gasteiger partial charge in [0.15, 0.2) is 6.61 Å². The summed E-state index contributed by atoms with van der Waals surface area (Å²) in [6.07, 6.45) is -0.0792. The maximum atomic E-state index is 12.9. The fourth-order valence-electron chi connectivity index (χ4n) is 1.95. The molecule has 1 aromatic heterocycles. The highest BCUT2D eigenvalue weighted by Crippen LogP contribution is 2.24. The van der Waals surface area contributed by atoms with Crippen LogP contribution in [0.15, 0.2) is 29.6 Å². The van der Waals surface area contributed by atoms with Crippen LogP contribution in [0.2, 0.25) is 0 Å². The molecule has 0 saturated heterocycles. The lowest BCUT2D eigenvalue weighted by Gasteiger charge is -2.15. The first-order valence-corrected chi connectivity index (χ1v) is 8.57. The van der Waals surface area contributed by atoms with Gasteiger partial charge in [-0.05, 0) is 24.3 Å². The lowest BCUT2D eigenvalue weighted by molar-refractivity contribution is -0.151. The Bertz CT molecular complexity index is 792. The summed E-state index contributed by atoms with van der Waals surface area (Å²) in [5.41, 5.74) is 1.26. The van der Waals surface area contributed by atoms with Crippen LogP contribution in [0.25, 0.3) is 10.6 Å². The van der Waals surface area contributed by atoms with Crippen LogP contribution in [0.1, 0.15) is 5.69 Å². The van der Waals surface area contributed by atoms with Gasteiger partial charge in [0, 0.05) is 25.0 Å². The fraction of sp³-hybridized carbons (Fsp3) is 0.294. The minimum Gasteiger partial charge on any atom is -0.455 e. The molecule has 0 unspecified atom stereocenters. The molecule has 1 heterocycles. The number of thiazole rings is 1. The third-order valence-electron chi connectivity index (χ3n) is 3.41. The van der Waals surface area contributed by atoms with Gasteiger partial charge in [-0.1, -0.05) is 0 Å². The molecular formula is C17H18FN3O4S. The molecule has 0 spiro atoms. The molecule has 0 bridgehead atoms. The first-order chi connectivity index (χ1) is 12.4. The van der Waals surface area contributed by atoms with E-state index in [2.05, 4.69) is 10.3 Å². The van der Waals surface area contributed by atoms with Crippen molar-refractivity contribution in [3.05, 3.63) is 41.2 Å². The van der Waals surface area contributed by atoms with Gasteiger partial charge >= 0.3 is 5.97 Å². The van der Waals surface area contributed by atoms with Crippen LogP contribution in [0.4, 0.5) is 4.39 Å². The monoisotopic (exact) mass is 379 g/mol. The molecule has 1 N–H and O–H groups in total. The van der Waals surface area contributed by atoms with E-state index in [0.29, 0.717) is 10.7 Å². The molecule has 2 amide bonds. The van der Waals surface area contributed by atoms with Gasteiger partial charge in [-0.25, -0.2) is 9.37 Å². The molecule has 9 heteroatoms. The Kier molecular flexibility index (Phi) is 6.79. The Labute approximate surface area is 153 Å². The summed E-state index contributed by atoms with van der Waals surface area (Å²) in [7, 11) is 2.91. The van der Waals surface area contributed by atoms with Crippen LogP contribution in [0.5, 0.6) is 0 Å². The third-order valence-corrected chi connectivity index (χ3v) is 4.35. The van der Waals surface area contributed by atoms with Crippen LogP contribution in [-0.4, -0.2) is 54.9 Å². The van der Waals surface area contributed by atoms with E-state index in [-0.39, 0.29) is 24.7 Å². The van der Waals surface area contributed by atoms with Crippen molar-refractivity contribution in [3.63, 3.8) is 0 Å². The van der Waals surface area contributed by atoms with Crippen molar-refractivity contribution < 1.29 is 23.5 Å². The van der Waals surface area contributed by atoms with Crippen molar-refractivity contribution in [2.24, 2.45) is 0 Å². The summed E-state index contributed by atoms with van der Waals surface area (Å²) in [6.45, 7) is -0.554. The lowest BCUT2D eigenvalue weighted by Crippen LogP contribution is -2.39. The predicted octanol–water partition coefficient (Wildman–Crippen LogP) is 1.24. The second kappa shape index (κ2) is 9.04. The topological polar surface area (TPSA) is 88.6 Å². The smallest absolute Gasteiger partial charge is 0.312 e. The van der Waals surface area contributed by atoms with Gasteiger partial charge in [-0.15, -0.1) is 11.3 Å². The van der Waals surface area contributed by atoms with E-state index in [0.717, 1.165) is 5.56 Å². The van der Waals surface area contributed by atoms with Crippen LogP contribution < -0.4 is 5.32 Å². The molecule has 0 saturated carbocycles. The van der Waals surface area contributed by atoms with Crippen molar-refractivity contribution in [2.75, 3.05) is 27.2 Å². The Hall–Kier alpha value is -2.81. The normalized spacial score (nSPS) is 10.3. The Morgan fingerprint density at radius 2 is 1.96 bits per heavy atom. The molecule has 0 fully saturated rings. The molecule has 0 atom stereocenters. The number of amides is 2. The molecule has 1 aromatic carbocycles. The molecule has 138 valence electrons. The van der Waals surface area contributed by atoms with E-state index in [9.17, 15) is 18.8 Å². The SMILES string of the molecule is CNC(=O)CN(C)C(=O)COC(=O)Cc1csc(-c2ccc(F)cc2)n1. The van der Waals surface area contributed by atoms with Crippen molar-refractivity contribution in [1.82, 2.24) is 15.2 Å². The molecule has 2 aromatic rings. The standard InChI is InChI=1S/C17H18FN3O4S/c1-19-14(22)8-21(2)15(23)9-25-16(24)7-13-10-26-17(20-13)11-3-5-12(18)6-4-11/h3-6,10H,7-9H2,1-2H3,(H,19,22). The Morgan fingerprint density at radius 3 is 2.62 bits per heavy atom. The second-order valence-electron chi connectivity index (χ2n) is 5.41. The van der Waals surface area contributed by atoms with Crippen LogP contribution in [-0.2, 0) is 25.5 Å². The number of hydrogen-bond acceptors (Lipinski definition) is 6. The van der Waals surface area contributed by atoms with Gasteiger partial charge in [0.25, 0.3) is 5.91 Å². The number of rotatable bonds is 7. The number of aromatic nitrogens is 1. The quantitative estimate of drug-likeness (QED) is 0.731. The molecule has 0 aliphatic rings. The first-order valence-electron chi connectivity index (χ1n) is 7.69. The highest BCUT2D eigenvalue weighted by molar-refractivity contribution is 7.13. The predicted molar refractivity (Wildman–Crippen MR) is 93.9 cm³/mol. The molecule has 0 aliphatic carbocycles. The van der Waals surface area contributed by atoms with Crippen molar-refractivity contribution >= 4 is 29.1 Å². The minimum absolute atomic E-state index is 0.0792. The first kappa shape index (κ1) is 19.5. The van der Waals surface area contributed by atoms with E-state index in [1.54, 1.807) is 17.5 Å². The number of carbonyl (C=O) groups excluding carboxylic acids is 3. The maximum absolute atomic E-state index is 12.9. The van der Waals surface area contributed by atoms with E-state index in [1.165, 1.54) is 42.5 Å². The van der Waals surface area contributed by atoms with Gasteiger partial charge in [0.2, 0.25) is 5.91 Å². The van der Waals surface area contributed by atoms with E-state index >= 15 is 0 Å². The highest BCUT2D eigenvalue weighted by Gasteiger charge is 2.16. The van der Waals surface area contributed by atoms with Gasteiger partial charge in [0.1, 0.15) is 10.8 Å². The van der Waals surface area contributed by atoms with E-state index in [4.69, 9.17) is 4.74 Å². The lowest BCUT2D eigenvalue weighted by atomic mass is 10.2. The minimum atomic E-state index is -0.595. The highest BCUT2D eigenvalue weighted by atomic mass is 32.1. The molecule has 7 nitrogen and oxygen atoms in total. The maximum Gasteiger partial charge on any atom is 0.312 e. The summed E-state index contributed by atoms with van der Waals surface area (Å²) in [5, 5.41) is 4.77. The zero-order valence-electron chi connectivity index (χ0n) is 14.3. The van der Waals surface area contributed by atoms with Crippen molar-refractivity contribution in [3.8, 4) is 10.6 Å². The van der Waals surface area contributed by atoms with Crippen molar-refractivity contribution in [2.45, 2.75) is 6.42 Å². The zero-order chi connectivity index (χ0) is 19.1. The third kappa shape index (κ3) is 5.62. The van der Waals surface area contributed by atoms with Crippen molar-refractivity contribution in [1.29, 1.82) is 0 Å². The summed E-state index contributed by atoms with van der Waals surface area (Å²) in [6, 6.07) is 5.89. The molecular weight excluding hydrogens is 361 g/mol. The van der Waals surface area contributed by atoms with Gasteiger partial charge in [0.05, 0.1) is 18.7 Å². The number of carbonyl (C=O) groups is 3. The number of hydrogen-bond donors (Lipinski definition) is 1. The average molecular weight is 379 g/mol. The number of likely N-dealkylation sites (N-methyl/N-ethyl adjacent to an activating group) is 2. The van der Waals surface area contributed by atoms with Crippen LogP contribution in [0.3, 0.4) is 0 Å². The average Bonchev–Trinajstić information content (AvgIpc) is 3.08. The molecule has 2 rings (SSSR count). The van der Waals surface area contributed by atoms with Gasteiger partial charge in [-0.3, -0.25) is 14.4 Å². The number of halogens is 1. The fourth-order valence-corrected chi connectivity index (χ4v) is 2.77. The van der Waals surface area contributed by atoms with Gasteiger partial charge < -0.3 is 15.0 Å². The number of nitrogens with zero attached hydrogens (tertiary/aromatic N) is 2. The number of ether oxygens (including phenoxy) is 1. The largest absolute Gasteiger partial charge is 0.455 e.